The Hall–Kier alpha value is -0.380. The molecule has 20 heavy (non-hydrogen) atoms. The lowest BCUT2D eigenvalue weighted by molar-refractivity contribution is -0.0955. The zero-order valence-corrected chi connectivity index (χ0v) is 14.0. The van der Waals surface area contributed by atoms with Gasteiger partial charge >= 0.3 is 0 Å². The van der Waals surface area contributed by atoms with Crippen molar-refractivity contribution in [2.75, 3.05) is 0 Å². The molecule has 2 bridgehead atoms. The average Bonchev–Trinajstić information content (AvgIpc) is 2.85. The lowest BCUT2D eigenvalue weighted by atomic mass is 9.75. The molecule has 0 amide bonds. The van der Waals surface area contributed by atoms with Gasteiger partial charge in [0.05, 0.1) is 23.9 Å². The molecule has 0 N–H and O–H groups in total. The van der Waals surface area contributed by atoms with Gasteiger partial charge < -0.3 is 9.47 Å². The first kappa shape index (κ1) is 14.6. The van der Waals surface area contributed by atoms with E-state index in [0.29, 0.717) is 17.4 Å². The Morgan fingerprint density at radius 3 is 2.60 bits per heavy atom. The number of rotatable bonds is 4. The molecule has 3 rings (SSSR count). The van der Waals surface area contributed by atoms with Crippen molar-refractivity contribution in [1.29, 1.82) is 0 Å². The van der Waals surface area contributed by atoms with Gasteiger partial charge in [-0.2, -0.15) is 0 Å². The van der Waals surface area contributed by atoms with Gasteiger partial charge in [-0.3, -0.25) is 0 Å². The van der Waals surface area contributed by atoms with Crippen LogP contribution in [0, 0.1) is 5.92 Å². The van der Waals surface area contributed by atoms with Crippen molar-refractivity contribution in [3.05, 3.63) is 35.9 Å². The fraction of sp³-hybridized carbons (Fsp3) is 0.647. The summed E-state index contributed by atoms with van der Waals surface area (Å²) in [4.78, 5) is 0.441. The molecule has 0 spiro atoms. The number of halogens is 1. The quantitative estimate of drug-likeness (QED) is 0.761. The van der Waals surface area contributed by atoms with Crippen LogP contribution in [0.4, 0.5) is 0 Å². The molecule has 2 nitrogen and oxygen atoms in total. The molecule has 3 heteroatoms. The van der Waals surface area contributed by atoms with E-state index in [4.69, 9.17) is 9.47 Å². The SMILES string of the molecule is CC(C)[C@@]12C[C@H](OCc3ccccc3)[C@@](C)(C[C@H]1Br)O2. The van der Waals surface area contributed by atoms with Crippen molar-refractivity contribution in [3.8, 4) is 0 Å². The first-order valence-corrected chi connectivity index (χ1v) is 8.38. The lowest BCUT2D eigenvalue weighted by Gasteiger charge is -2.35. The van der Waals surface area contributed by atoms with E-state index in [1.54, 1.807) is 0 Å². The van der Waals surface area contributed by atoms with Gasteiger partial charge in [-0.15, -0.1) is 0 Å². The van der Waals surface area contributed by atoms with Crippen LogP contribution in [-0.4, -0.2) is 22.1 Å². The first-order chi connectivity index (χ1) is 9.46. The first-order valence-electron chi connectivity index (χ1n) is 7.46. The highest BCUT2D eigenvalue weighted by atomic mass is 79.9. The lowest BCUT2D eigenvalue weighted by Crippen LogP contribution is -2.44. The number of ether oxygens (including phenoxy) is 2. The number of alkyl halides is 1. The van der Waals surface area contributed by atoms with Crippen molar-refractivity contribution in [2.24, 2.45) is 5.92 Å². The predicted octanol–water partition coefficient (Wildman–Crippen LogP) is 4.31. The Kier molecular flexibility index (Phi) is 3.72. The zero-order chi connectivity index (χ0) is 14.4. The summed E-state index contributed by atoms with van der Waals surface area (Å²) >= 11 is 3.83. The van der Waals surface area contributed by atoms with Crippen LogP contribution in [-0.2, 0) is 16.1 Å². The van der Waals surface area contributed by atoms with E-state index in [-0.39, 0.29) is 17.3 Å². The Morgan fingerprint density at radius 1 is 1.30 bits per heavy atom. The highest BCUT2D eigenvalue weighted by molar-refractivity contribution is 9.09. The van der Waals surface area contributed by atoms with Gasteiger partial charge in [0.25, 0.3) is 0 Å². The molecule has 0 saturated carbocycles. The predicted molar refractivity (Wildman–Crippen MR) is 84.0 cm³/mol. The summed E-state index contributed by atoms with van der Waals surface area (Å²) in [6.45, 7) is 7.37. The number of hydrogen-bond donors (Lipinski definition) is 0. The molecule has 2 aliphatic rings. The van der Waals surface area contributed by atoms with Crippen LogP contribution in [0.1, 0.15) is 39.2 Å². The van der Waals surface area contributed by atoms with E-state index in [1.807, 2.05) is 6.07 Å². The van der Waals surface area contributed by atoms with E-state index in [1.165, 1.54) is 5.56 Å². The van der Waals surface area contributed by atoms with E-state index in [2.05, 4.69) is 61.0 Å². The summed E-state index contributed by atoms with van der Waals surface area (Å²) < 4.78 is 12.7. The molecular weight excluding hydrogens is 316 g/mol. The Morgan fingerprint density at radius 2 is 2.00 bits per heavy atom. The minimum atomic E-state index is -0.146. The van der Waals surface area contributed by atoms with Gasteiger partial charge in [0.1, 0.15) is 0 Å². The molecule has 2 aliphatic heterocycles. The second-order valence-electron chi connectivity index (χ2n) is 6.69. The van der Waals surface area contributed by atoms with Gasteiger partial charge in [-0.05, 0) is 24.8 Å². The molecule has 0 aromatic heterocycles. The maximum Gasteiger partial charge on any atom is 0.0936 e. The topological polar surface area (TPSA) is 18.5 Å². The molecule has 1 aromatic rings. The Labute approximate surface area is 130 Å². The zero-order valence-electron chi connectivity index (χ0n) is 12.4. The second kappa shape index (κ2) is 5.11. The molecular formula is C17H23BrO2. The molecule has 2 fully saturated rings. The van der Waals surface area contributed by atoms with Crippen LogP contribution < -0.4 is 0 Å². The van der Waals surface area contributed by atoms with Crippen LogP contribution in [0.15, 0.2) is 30.3 Å². The fourth-order valence-electron chi connectivity index (χ4n) is 3.66. The standard InChI is InChI=1S/C17H23BrO2/c1-12(2)17-10-15(16(3,20-17)9-14(17)18)19-11-13-7-5-4-6-8-13/h4-8,12,14-15H,9-11H2,1-3H3/t14-,15+,16-,17+/m1/s1. The van der Waals surface area contributed by atoms with Crippen molar-refractivity contribution < 1.29 is 9.47 Å². The molecule has 4 atom stereocenters. The molecule has 110 valence electrons. The van der Waals surface area contributed by atoms with Crippen molar-refractivity contribution in [2.45, 2.75) is 62.4 Å². The van der Waals surface area contributed by atoms with E-state index < -0.39 is 0 Å². The van der Waals surface area contributed by atoms with Crippen molar-refractivity contribution >= 4 is 15.9 Å². The van der Waals surface area contributed by atoms with E-state index in [0.717, 1.165) is 12.8 Å². The highest BCUT2D eigenvalue weighted by Crippen LogP contribution is 2.57. The number of fused-ring (bicyclic) bond motifs is 2. The van der Waals surface area contributed by atoms with Gasteiger partial charge in [-0.1, -0.05) is 60.1 Å². The largest absolute Gasteiger partial charge is 0.370 e. The smallest absolute Gasteiger partial charge is 0.0936 e. The molecule has 2 heterocycles. The molecule has 0 aliphatic carbocycles. The second-order valence-corrected chi connectivity index (χ2v) is 7.79. The van der Waals surface area contributed by atoms with Crippen LogP contribution in [0.5, 0.6) is 0 Å². The Balaban J connectivity index is 1.71. The molecule has 1 aromatic carbocycles. The van der Waals surface area contributed by atoms with Gasteiger partial charge in [0, 0.05) is 11.2 Å². The summed E-state index contributed by atoms with van der Waals surface area (Å²) in [6, 6.07) is 10.4. The van der Waals surface area contributed by atoms with E-state index >= 15 is 0 Å². The summed E-state index contributed by atoms with van der Waals surface area (Å²) in [6.07, 6.45) is 2.22. The summed E-state index contributed by atoms with van der Waals surface area (Å²) in [7, 11) is 0. The molecule has 0 radical (unpaired) electrons. The van der Waals surface area contributed by atoms with Crippen LogP contribution in [0.2, 0.25) is 0 Å². The average molecular weight is 339 g/mol. The summed E-state index contributed by atoms with van der Waals surface area (Å²) in [5, 5.41) is 0. The van der Waals surface area contributed by atoms with Crippen molar-refractivity contribution in [3.63, 3.8) is 0 Å². The third kappa shape index (κ3) is 2.24. The van der Waals surface area contributed by atoms with Gasteiger partial charge in [0.15, 0.2) is 0 Å². The highest BCUT2D eigenvalue weighted by Gasteiger charge is 2.65. The van der Waals surface area contributed by atoms with Gasteiger partial charge in [0.2, 0.25) is 0 Å². The fourth-order valence-corrected chi connectivity index (χ4v) is 5.11. The summed E-state index contributed by atoms with van der Waals surface area (Å²) in [5.74, 6) is 0.499. The normalized spacial score (nSPS) is 39.6. The Bertz CT molecular complexity index is 475. The molecule has 0 unspecified atom stereocenters. The van der Waals surface area contributed by atoms with Crippen molar-refractivity contribution in [1.82, 2.24) is 0 Å². The number of benzene rings is 1. The minimum absolute atomic E-state index is 0.0594. The maximum atomic E-state index is 6.45. The van der Waals surface area contributed by atoms with Crippen LogP contribution in [0.25, 0.3) is 0 Å². The number of hydrogen-bond acceptors (Lipinski definition) is 2. The molecule has 2 saturated heterocycles. The monoisotopic (exact) mass is 338 g/mol. The van der Waals surface area contributed by atoms with Crippen LogP contribution >= 0.6 is 15.9 Å². The maximum absolute atomic E-state index is 6.45. The minimum Gasteiger partial charge on any atom is -0.370 e. The third-order valence-corrected chi connectivity index (χ3v) is 6.09. The summed E-state index contributed by atoms with van der Waals surface area (Å²) in [5.41, 5.74) is 1.02. The van der Waals surface area contributed by atoms with Crippen LogP contribution in [0.3, 0.4) is 0 Å². The third-order valence-electron chi connectivity index (χ3n) is 4.99. The van der Waals surface area contributed by atoms with E-state index in [9.17, 15) is 0 Å². The van der Waals surface area contributed by atoms with Gasteiger partial charge in [-0.25, -0.2) is 0 Å².